The summed E-state index contributed by atoms with van der Waals surface area (Å²) < 4.78 is 6.70. The van der Waals surface area contributed by atoms with Crippen molar-refractivity contribution in [2.75, 3.05) is 6.61 Å². The zero-order valence-electron chi connectivity index (χ0n) is 15.8. The lowest BCUT2D eigenvalue weighted by Gasteiger charge is -2.21. The van der Waals surface area contributed by atoms with Crippen LogP contribution >= 0.6 is 0 Å². The van der Waals surface area contributed by atoms with E-state index in [0.29, 0.717) is 0 Å². The topological polar surface area (TPSA) is 137 Å². The minimum atomic E-state index is -1.19. The number of carbonyl (C=O) groups is 2. The Labute approximate surface area is 161 Å². The number of nitrogens with zero attached hydrogens (tertiary/aromatic N) is 3. The molecule has 0 fully saturated rings. The van der Waals surface area contributed by atoms with Gasteiger partial charge in [-0.2, -0.15) is 5.10 Å². The summed E-state index contributed by atoms with van der Waals surface area (Å²) in [7, 11) is 0. The number of aliphatic carboxylic acids is 1. The fraction of sp³-hybridized carbons (Fsp3) is 0.389. The van der Waals surface area contributed by atoms with Crippen molar-refractivity contribution >= 4 is 17.6 Å². The minimum Gasteiger partial charge on any atom is -0.480 e. The molecule has 150 valence electrons. The van der Waals surface area contributed by atoms with Gasteiger partial charge in [-0.25, -0.2) is 9.48 Å². The molecule has 28 heavy (non-hydrogen) atoms. The second-order valence-electron chi connectivity index (χ2n) is 7.01. The molecule has 0 aliphatic rings. The van der Waals surface area contributed by atoms with Crippen LogP contribution < -0.4 is 5.32 Å². The van der Waals surface area contributed by atoms with E-state index in [1.165, 1.54) is 35.1 Å². The van der Waals surface area contributed by atoms with Crippen molar-refractivity contribution in [2.45, 2.75) is 38.8 Å². The van der Waals surface area contributed by atoms with E-state index in [2.05, 4.69) is 10.4 Å². The van der Waals surface area contributed by atoms with Crippen LogP contribution in [0.25, 0.3) is 5.69 Å². The largest absolute Gasteiger partial charge is 0.480 e. The van der Waals surface area contributed by atoms with Crippen LogP contribution in [0.1, 0.15) is 37.7 Å². The van der Waals surface area contributed by atoms with Crippen LogP contribution in [0.5, 0.6) is 0 Å². The molecule has 0 bridgehead atoms. The SMILES string of the molecule is CC(C)(C)OCCC(NC(=O)c1ccn(-c2ccccc2[N+](=O)[O-])n1)C(=O)O. The van der Waals surface area contributed by atoms with E-state index >= 15 is 0 Å². The molecule has 2 aromatic rings. The number of nitrogens with one attached hydrogen (secondary N) is 1. The van der Waals surface area contributed by atoms with E-state index in [4.69, 9.17) is 4.74 Å². The number of rotatable bonds is 8. The third kappa shape index (κ3) is 5.61. The van der Waals surface area contributed by atoms with Gasteiger partial charge in [0.1, 0.15) is 11.7 Å². The van der Waals surface area contributed by atoms with Crippen molar-refractivity contribution < 1.29 is 24.4 Å². The number of aromatic nitrogens is 2. The van der Waals surface area contributed by atoms with E-state index in [-0.39, 0.29) is 30.1 Å². The molecule has 1 aromatic heterocycles. The molecule has 0 saturated heterocycles. The number of ether oxygens (including phenoxy) is 1. The highest BCUT2D eigenvalue weighted by atomic mass is 16.6. The molecule has 1 heterocycles. The smallest absolute Gasteiger partial charge is 0.326 e. The maximum Gasteiger partial charge on any atom is 0.326 e. The summed E-state index contributed by atoms with van der Waals surface area (Å²) in [6.45, 7) is 5.69. The number of nitro groups is 1. The van der Waals surface area contributed by atoms with Crippen LogP contribution in [-0.2, 0) is 9.53 Å². The molecule has 1 aromatic carbocycles. The first-order chi connectivity index (χ1) is 13.1. The Balaban J connectivity index is 2.11. The first kappa shape index (κ1) is 21.0. The summed E-state index contributed by atoms with van der Waals surface area (Å²) >= 11 is 0. The second-order valence-corrected chi connectivity index (χ2v) is 7.01. The fourth-order valence-electron chi connectivity index (χ4n) is 2.36. The van der Waals surface area contributed by atoms with Gasteiger partial charge in [-0.05, 0) is 32.9 Å². The molecule has 2 N–H and O–H groups in total. The standard InChI is InChI=1S/C18H22N4O6/c1-18(2,3)28-11-9-13(17(24)25)19-16(23)12-8-10-21(20-12)14-6-4-5-7-15(14)22(26)27/h4-8,10,13H,9,11H2,1-3H3,(H,19,23)(H,24,25). The highest BCUT2D eigenvalue weighted by molar-refractivity contribution is 5.94. The number of hydrogen-bond donors (Lipinski definition) is 2. The molecule has 0 aliphatic carbocycles. The van der Waals surface area contributed by atoms with Crippen LogP contribution in [0.4, 0.5) is 5.69 Å². The number of hydrogen-bond acceptors (Lipinski definition) is 6. The fourth-order valence-corrected chi connectivity index (χ4v) is 2.36. The molecule has 2 rings (SSSR count). The summed E-state index contributed by atoms with van der Waals surface area (Å²) in [5, 5.41) is 26.9. The van der Waals surface area contributed by atoms with Gasteiger partial charge in [0.2, 0.25) is 0 Å². The molecule has 0 aliphatic heterocycles. The lowest BCUT2D eigenvalue weighted by molar-refractivity contribution is -0.384. The first-order valence-electron chi connectivity index (χ1n) is 8.55. The Kier molecular flexibility index (Phi) is 6.47. The van der Waals surface area contributed by atoms with Crippen LogP contribution in [0.3, 0.4) is 0 Å². The Morgan fingerprint density at radius 3 is 2.61 bits per heavy atom. The second kappa shape index (κ2) is 8.61. The van der Waals surface area contributed by atoms with E-state index in [0.717, 1.165) is 0 Å². The number of carbonyl (C=O) groups excluding carboxylic acids is 1. The van der Waals surface area contributed by atoms with Gasteiger partial charge in [0.25, 0.3) is 11.6 Å². The third-order valence-corrected chi connectivity index (χ3v) is 3.69. The van der Waals surface area contributed by atoms with Crippen LogP contribution in [0.15, 0.2) is 36.5 Å². The Hall–Kier alpha value is -3.27. The van der Waals surface area contributed by atoms with E-state index < -0.39 is 28.4 Å². The average Bonchev–Trinajstić information content (AvgIpc) is 3.09. The van der Waals surface area contributed by atoms with Gasteiger partial charge in [-0.15, -0.1) is 0 Å². The maximum atomic E-state index is 12.4. The van der Waals surface area contributed by atoms with Crippen LogP contribution in [-0.4, -0.2) is 49.9 Å². The highest BCUT2D eigenvalue weighted by Gasteiger charge is 2.23. The van der Waals surface area contributed by atoms with E-state index in [1.807, 2.05) is 20.8 Å². The van der Waals surface area contributed by atoms with Gasteiger partial charge in [0.15, 0.2) is 5.69 Å². The van der Waals surface area contributed by atoms with Crippen LogP contribution in [0, 0.1) is 10.1 Å². The minimum absolute atomic E-state index is 0.0545. The Morgan fingerprint density at radius 1 is 1.32 bits per heavy atom. The monoisotopic (exact) mass is 390 g/mol. The molecule has 1 amide bonds. The van der Waals surface area contributed by atoms with Crippen LogP contribution in [0.2, 0.25) is 0 Å². The zero-order chi connectivity index (χ0) is 20.9. The number of amides is 1. The molecule has 1 atom stereocenters. The van der Waals surface area contributed by atoms with Gasteiger partial charge in [-0.3, -0.25) is 14.9 Å². The normalized spacial score (nSPS) is 12.4. The summed E-state index contributed by atoms with van der Waals surface area (Å²) in [5.74, 6) is -1.88. The maximum absolute atomic E-state index is 12.4. The van der Waals surface area contributed by atoms with Gasteiger partial charge in [0, 0.05) is 25.3 Å². The van der Waals surface area contributed by atoms with Gasteiger partial charge in [-0.1, -0.05) is 12.1 Å². The highest BCUT2D eigenvalue weighted by Crippen LogP contribution is 2.21. The van der Waals surface area contributed by atoms with Gasteiger partial charge < -0.3 is 15.2 Å². The predicted octanol–water partition coefficient (Wildman–Crippen LogP) is 2.17. The Bertz CT molecular complexity index is 871. The predicted molar refractivity (Wildman–Crippen MR) is 99.4 cm³/mol. The average molecular weight is 390 g/mol. The summed E-state index contributed by atoms with van der Waals surface area (Å²) in [5.41, 5.74) is -0.447. The molecule has 0 spiro atoms. The lowest BCUT2D eigenvalue weighted by Crippen LogP contribution is -2.42. The molecule has 10 heteroatoms. The summed E-state index contributed by atoms with van der Waals surface area (Å²) in [6.07, 6.45) is 1.49. The van der Waals surface area contributed by atoms with Crippen molar-refractivity contribution in [3.05, 3.63) is 52.3 Å². The van der Waals surface area contributed by atoms with Gasteiger partial charge in [0.05, 0.1) is 10.5 Å². The number of benzene rings is 1. The first-order valence-corrected chi connectivity index (χ1v) is 8.55. The number of nitro benzene ring substituents is 1. The molecular weight excluding hydrogens is 368 g/mol. The van der Waals surface area contributed by atoms with Crippen molar-refractivity contribution in [1.29, 1.82) is 0 Å². The summed E-state index contributed by atoms with van der Waals surface area (Å²) in [4.78, 5) is 34.3. The number of para-hydroxylation sites is 2. The number of carboxylic acids is 1. The van der Waals surface area contributed by atoms with Crippen molar-refractivity contribution in [3.63, 3.8) is 0 Å². The zero-order valence-corrected chi connectivity index (χ0v) is 15.8. The third-order valence-electron chi connectivity index (χ3n) is 3.69. The van der Waals surface area contributed by atoms with Crippen molar-refractivity contribution in [3.8, 4) is 5.69 Å². The molecule has 10 nitrogen and oxygen atoms in total. The van der Waals surface area contributed by atoms with Crippen molar-refractivity contribution in [2.24, 2.45) is 0 Å². The van der Waals surface area contributed by atoms with Crippen molar-refractivity contribution in [1.82, 2.24) is 15.1 Å². The quantitative estimate of drug-likeness (QED) is 0.520. The Morgan fingerprint density at radius 2 is 2.00 bits per heavy atom. The molecule has 0 saturated carbocycles. The summed E-state index contributed by atoms with van der Waals surface area (Å²) in [6, 6.07) is 6.17. The lowest BCUT2D eigenvalue weighted by atomic mass is 10.1. The van der Waals surface area contributed by atoms with E-state index in [9.17, 15) is 24.8 Å². The molecule has 0 radical (unpaired) electrons. The van der Waals surface area contributed by atoms with Gasteiger partial charge >= 0.3 is 5.97 Å². The van der Waals surface area contributed by atoms with E-state index in [1.54, 1.807) is 6.07 Å². The molecule has 1 unspecified atom stereocenters. The molecular formula is C18H22N4O6. The number of carboxylic acid groups (broad SMARTS) is 1.